The van der Waals surface area contributed by atoms with Crippen molar-refractivity contribution in [3.8, 4) is 0 Å². The molecular weight excluding hydrogens is 214 g/mol. The maximum atomic E-state index is 11.7. The van der Waals surface area contributed by atoms with Crippen LogP contribution in [0.1, 0.15) is 0 Å². The van der Waals surface area contributed by atoms with E-state index >= 15 is 0 Å². The molecule has 0 bridgehead atoms. The van der Waals surface area contributed by atoms with E-state index in [1.54, 1.807) is 23.6 Å². The molecule has 2 rings (SSSR count). The molecule has 1 aromatic heterocycles. The fourth-order valence-corrected chi connectivity index (χ4v) is 1.36. The third-order valence-electron chi connectivity index (χ3n) is 2.01. The van der Waals surface area contributed by atoms with Crippen molar-refractivity contribution in [1.29, 1.82) is 0 Å². The summed E-state index contributed by atoms with van der Waals surface area (Å²) in [5.41, 5.74) is 0.538. The van der Waals surface area contributed by atoms with Crippen LogP contribution >= 0.6 is 0 Å². The van der Waals surface area contributed by atoms with E-state index in [0.29, 0.717) is 10.2 Å². The molecule has 0 atom stereocenters. The fraction of sp³-hybridized carbons (Fsp3) is 0. The van der Waals surface area contributed by atoms with Gasteiger partial charge in [0.25, 0.3) is 5.56 Å². The summed E-state index contributed by atoms with van der Waals surface area (Å²) >= 11 is 0. The molecule has 0 aliphatic rings. The Labute approximate surface area is 87.9 Å². The molecule has 0 spiro atoms. The van der Waals surface area contributed by atoms with E-state index in [1.807, 2.05) is 0 Å². The zero-order valence-corrected chi connectivity index (χ0v) is 7.93. The number of amides is 1. The van der Waals surface area contributed by atoms with Gasteiger partial charge in [0.15, 0.2) is 0 Å². The van der Waals surface area contributed by atoms with Crippen molar-refractivity contribution in [2.45, 2.75) is 0 Å². The molecular formula is C9H7N3O4. The lowest BCUT2D eigenvalue weighted by Crippen LogP contribution is -2.43. The topological polar surface area (TPSA) is 104 Å². The summed E-state index contributed by atoms with van der Waals surface area (Å²) in [6.07, 6.45) is -1.48. The standard InChI is InChI=1S/C9H7N3O4/c13-7-5-3-1-2-4-6(5)10-8(14)12(7)11-9(15)16/h1-4,11H,(H,10,14)(H,15,16). The van der Waals surface area contributed by atoms with Crippen LogP contribution in [0.15, 0.2) is 33.9 Å². The molecule has 1 heterocycles. The molecule has 3 N–H and O–H groups in total. The van der Waals surface area contributed by atoms with Crippen molar-refractivity contribution in [2.24, 2.45) is 0 Å². The average molecular weight is 221 g/mol. The highest BCUT2D eigenvalue weighted by molar-refractivity contribution is 5.78. The van der Waals surface area contributed by atoms with Gasteiger partial charge in [0.05, 0.1) is 10.9 Å². The van der Waals surface area contributed by atoms with Gasteiger partial charge < -0.3 is 10.1 Å². The maximum absolute atomic E-state index is 11.7. The van der Waals surface area contributed by atoms with Gasteiger partial charge in [-0.2, -0.15) is 4.68 Å². The van der Waals surface area contributed by atoms with E-state index in [0.717, 1.165) is 0 Å². The molecule has 82 valence electrons. The number of para-hydroxylation sites is 1. The normalized spacial score (nSPS) is 10.2. The average Bonchev–Trinajstić information content (AvgIpc) is 2.24. The van der Waals surface area contributed by atoms with Gasteiger partial charge in [0.2, 0.25) is 0 Å². The predicted octanol–water partition coefficient (Wildman–Crippen LogP) is -0.0887. The first-order valence-electron chi connectivity index (χ1n) is 4.33. The summed E-state index contributed by atoms with van der Waals surface area (Å²) in [5.74, 6) is 0. The van der Waals surface area contributed by atoms with Gasteiger partial charge in [-0.15, -0.1) is 0 Å². The first kappa shape index (κ1) is 9.97. The molecule has 0 fully saturated rings. The molecule has 0 aliphatic carbocycles. The third-order valence-corrected chi connectivity index (χ3v) is 2.01. The van der Waals surface area contributed by atoms with Crippen LogP contribution in [0.4, 0.5) is 4.79 Å². The van der Waals surface area contributed by atoms with Gasteiger partial charge in [-0.05, 0) is 12.1 Å². The van der Waals surface area contributed by atoms with E-state index in [1.165, 1.54) is 6.07 Å². The number of carbonyl (C=O) groups is 1. The molecule has 7 nitrogen and oxygen atoms in total. The number of fused-ring (bicyclic) bond motifs is 1. The first-order chi connectivity index (χ1) is 7.59. The quantitative estimate of drug-likeness (QED) is 0.625. The van der Waals surface area contributed by atoms with E-state index in [2.05, 4.69) is 4.98 Å². The second kappa shape index (κ2) is 3.54. The van der Waals surface area contributed by atoms with Gasteiger partial charge in [-0.25, -0.2) is 15.0 Å². The van der Waals surface area contributed by atoms with Crippen molar-refractivity contribution in [3.05, 3.63) is 45.1 Å². The van der Waals surface area contributed by atoms with E-state index < -0.39 is 17.3 Å². The molecule has 0 radical (unpaired) electrons. The number of aromatic amines is 1. The van der Waals surface area contributed by atoms with Crippen LogP contribution in [-0.4, -0.2) is 20.9 Å². The lowest BCUT2D eigenvalue weighted by molar-refractivity contribution is 0.206. The minimum Gasteiger partial charge on any atom is -0.464 e. The minimum absolute atomic E-state index is 0.232. The lowest BCUT2D eigenvalue weighted by atomic mass is 10.2. The Morgan fingerprint density at radius 2 is 2.00 bits per heavy atom. The highest BCUT2D eigenvalue weighted by Crippen LogP contribution is 2.02. The second-order valence-electron chi connectivity index (χ2n) is 3.03. The summed E-state index contributed by atoms with van der Waals surface area (Å²) in [5, 5.41) is 8.70. The summed E-state index contributed by atoms with van der Waals surface area (Å²) in [6, 6.07) is 6.33. The van der Waals surface area contributed by atoms with Crippen LogP contribution < -0.4 is 16.7 Å². The number of H-pyrrole nitrogens is 1. The summed E-state index contributed by atoms with van der Waals surface area (Å²) in [4.78, 5) is 35.8. The van der Waals surface area contributed by atoms with Gasteiger partial charge in [-0.3, -0.25) is 4.79 Å². The second-order valence-corrected chi connectivity index (χ2v) is 3.03. The summed E-state index contributed by atoms with van der Waals surface area (Å²) in [6.45, 7) is 0. The molecule has 16 heavy (non-hydrogen) atoms. The number of hydrogen-bond acceptors (Lipinski definition) is 3. The predicted molar refractivity (Wildman–Crippen MR) is 56.2 cm³/mol. The smallest absolute Gasteiger partial charge is 0.424 e. The van der Waals surface area contributed by atoms with Crippen LogP contribution in [0.2, 0.25) is 0 Å². The van der Waals surface area contributed by atoms with Crippen LogP contribution in [-0.2, 0) is 0 Å². The number of carboxylic acid groups (broad SMARTS) is 1. The number of nitrogens with zero attached hydrogens (tertiary/aromatic N) is 1. The Kier molecular flexibility index (Phi) is 2.20. The van der Waals surface area contributed by atoms with Gasteiger partial charge in [-0.1, -0.05) is 12.1 Å². The van der Waals surface area contributed by atoms with Gasteiger partial charge in [0, 0.05) is 0 Å². The minimum atomic E-state index is -1.48. The molecule has 2 aromatic rings. The molecule has 0 saturated heterocycles. The van der Waals surface area contributed by atoms with Crippen molar-refractivity contribution in [3.63, 3.8) is 0 Å². The van der Waals surface area contributed by atoms with E-state index in [9.17, 15) is 14.4 Å². The molecule has 0 saturated carbocycles. The Balaban J connectivity index is 2.81. The molecule has 0 unspecified atom stereocenters. The Morgan fingerprint density at radius 3 is 2.69 bits per heavy atom. The Morgan fingerprint density at radius 1 is 1.31 bits per heavy atom. The first-order valence-corrected chi connectivity index (χ1v) is 4.33. The van der Waals surface area contributed by atoms with Crippen LogP contribution in [0.3, 0.4) is 0 Å². The fourth-order valence-electron chi connectivity index (χ4n) is 1.36. The monoisotopic (exact) mass is 221 g/mol. The van der Waals surface area contributed by atoms with Crippen molar-refractivity contribution >= 4 is 17.0 Å². The molecule has 1 amide bonds. The van der Waals surface area contributed by atoms with Crippen molar-refractivity contribution < 1.29 is 9.90 Å². The zero-order valence-electron chi connectivity index (χ0n) is 7.93. The van der Waals surface area contributed by atoms with Crippen LogP contribution in [0, 0.1) is 0 Å². The van der Waals surface area contributed by atoms with Crippen LogP contribution in [0.5, 0.6) is 0 Å². The molecule has 0 aliphatic heterocycles. The molecule has 1 aromatic carbocycles. The van der Waals surface area contributed by atoms with Crippen LogP contribution in [0.25, 0.3) is 10.9 Å². The number of nitrogens with one attached hydrogen (secondary N) is 2. The summed E-state index contributed by atoms with van der Waals surface area (Å²) in [7, 11) is 0. The van der Waals surface area contributed by atoms with Gasteiger partial charge in [0.1, 0.15) is 0 Å². The van der Waals surface area contributed by atoms with Crippen molar-refractivity contribution in [1.82, 2.24) is 9.66 Å². The number of hydrogen-bond donors (Lipinski definition) is 3. The highest BCUT2D eigenvalue weighted by atomic mass is 16.4. The largest absolute Gasteiger partial charge is 0.464 e. The lowest BCUT2D eigenvalue weighted by Gasteiger charge is -2.04. The maximum Gasteiger partial charge on any atom is 0.424 e. The van der Waals surface area contributed by atoms with E-state index in [4.69, 9.17) is 5.11 Å². The number of rotatable bonds is 1. The Bertz CT molecular complexity index is 670. The van der Waals surface area contributed by atoms with E-state index in [-0.39, 0.29) is 5.39 Å². The summed E-state index contributed by atoms with van der Waals surface area (Å²) < 4.78 is 0.407. The molecule has 7 heteroatoms. The van der Waals surface area contributed by atoms with Gasteiger partial charge >= 0.3 is 11.8 Å². The number of aromatic nitrogens is 2. The third kappa shape index (κ3) is 1.54. The van der Waals surface area contributed by atoms with Crippen molar-refractivity contribution in [2.75, 3.05) is 5.43 Å². The number of benzene rings is 1. The highest BCUT2D eigenvalue weighted by Gasteiger charge is 2.08. The Hall–Kier alpha value is -2.57. The SMILES string of the molecule is O=C(O)Nn1c(=O)[nH]c2ccccc2c1=O. The zero-order chi connectivity index (χ0) is 11.7.